The Labute approximate surface area is 111 Å². The van der Waals surface area contributed by atoms with Gasteiger partial charge in [0.1, 0.15) is 0 Å². The van der Waals surface area contributed by atoms with Crippen molar-refractivity contribution in [3.05, 3.63) is 34.9 Å². The molecular weight excluding hydrogens is 294 g/mol. The Morgan fingerprint density at radius 1 is 0.947 bits per heavy atom. The van der Waals surface area contributed by atoms with Gasteiger partial charge in [-0.1, -0.05) is 23.8 Å². The summed E-state index contributed by atoms with van der Waals surface area (Å²) < 4.78 is 75.4. The van der Waals surface area contributed by atoms with Crippen molar-refractivity contribution < 1.29 is 26.3 Å². The highest BCUT2D eigenvalue weighted by Gasteiger charge is 2.60. The average Bonchev–Trinajstić information content (AvgIpc) is 2.11. The number of rotatable bonds is 2. The van der Waals surface area contributed by atoms with Gasteiger partial charge in [0.25, 0.3) is 0 Å². The molecule has 0 amide bonds. The summed E-state index contributed by atoms with van der Waals surface area (Å²) in [6.45, 7) is 3.12. The van der Waals surface area contributed by atoms with Gasteiger partial charge in [-0.3, -0.25) is 0 Å². The minimum atomic E-state index is -5.44. The maximum Gasteiger partial charge on any atom is 0.402 e. The summed E-state index contributed by atoms with van der Waals surface area (Å²) in [4.78, 5) is 0. The van der Waals surface area contributed by atoms with Gasteiger partial charge in [-0.05, 0) is 25.0 Å². The second kappa shape index (κ2) is 5.23. The quantitative estimate of drug-likeness (QED) is 0.512. The first-order chi connectivity index (χ1) is 8.44. The van der Waals surface area contributed by atoms with E-state index in [0.29, 0.717) is 5.56 Å². The monoisotopic (exact) mass is 304 g/mol. The van der Waals surface area contributed by atoms with E-state index in [1.54, 1.807) is 6.92 Å². The van der Waals surface area contributed by atoms with Crippen LogP contribution in [0.1, 0.15) is 22.1 Å². The lowest BCUT2D eigenvalue weighted by atomic mass is 9.93. The molecule has 0 aliphatic heterocycles. The molecule has 0 heterocycles. The normalized spacial score (nSPS) is 14.8. The van der Waals surface area contributed by atoms with Gasteiger partial charge in [0.05, 0.1) is 5.38 Å². The van der Waals surface area contributed by atoms with Crippen LogP contribution in [-0.4, -0.2) is 12.4 Å². The largest absolute Gasteiger partial charge is 0.402 e. The molecule has 1 unspecified atom stereocenters. The molecule has 19 heavy (non-hydrogen) atoms. The van der Waals surface area contributed by atoms with Crippen LogP contribution < -0.4 is 0 Å². The van der Waals surface area contributed by atoms with Crippen LogP contribution in [0.4, 0.5) is 26.3 Å². The van der Waals surface area contributed by atoms with Crippen LogP contribution in [0.3, 0.4) is 0 Å². The van der Waals surface area contributed by atoms with Crippen LogP contribution in [-0.2, 0) is 0 Å². The summed E-state index contributed by atoms with van der Waals surface area (Å²) in [5.41, 5.74) is 0.881. The van der Waals surface area contributed by atoms with Crippen molar-refractivity contribution in [1.82, 2.24) is 0 Å². The van der Waals surface area contributed by atoms with Gasteiger partial charge in [0, 0.05) is 0 Å². The predicted molar refractivity (Wildman–Crippen MR) is 60.1 cm³/mol. The Morgan fingerprint density at radius 3 is 1.79 bits per heavy atom. The lowest BCUT2D eigenvalue weighted by Crippen LogP contribution is -2.39. The number of hydrogen-bond donors (Lipinski definition) is 0. The molecule has 1 aromatic carbocycles. The van der Waals surface area contributed by atoms with E-state index in [0.717, 1.165) is 5.56 Å². The molecule has 0 N–H and O–H groups in total. The summed E-state index contributed by atoms with van der Waals surface area (Å²) >= 11 is 5.46. The number of alkyl halides is 7. The van der Waals surface area contributed by atoms with Gasteiger partial charge in [0.2, 0.25) is 0 Å². The Bertz CT molecular complexity index is 435. The van der Waals surface area contributed by atoms with Gasteiger partial charge in [-0.2, -0.15) is 26.3 Å². The number of aryl methyl sites for hydroxylation is 2. The van der Waals surface area contributed by atoms with Crippen molar-refractivity contribution in [2.24, 2.45) is 5.92 Å². The molecular formula is C12H11ClF6. The van der Waals surface area contributed by atoms with E-state index in [4.69, 9.17) is 11.6 Å². The Morgan fingerprint density at radius 2 is 1.42 bits per heavy atom. The molecule has 108 valence electrons. The van der Waals surface area contributed by atoms with Crippen LogP contribution in [0, 0.1) is 19.8 Å². The summed E-state index contributed by atoms with van der Waals surface area (Å²) in [6, 6.07) is 4.13. The lowest BCUT2D eigenvalue weighted by Gasteiger charge is -2.28. The number of halogens is 7. The smallest absolute Gasteiger partial charge is 0.170 e. The zero-order valence-corrected chi connectivity index (χ0v) is 10.8. The Hall–Kier alpha value is -0.910. The third-order valence-corrected chi connectivity index (χ3v) is 3.21. The molecule has 0 radical (unpaired) electrons. The second-order valence-electron chi connectivity index (χ2n) is 4.32. The molecule has 0 saturated heterocycles. The van der Waals surface area contributed by atoms with Gasteiger partial charge >= 0.3 is 12.4 Å². The van der Waals surface area contributed by atoms with Gasteiger partial charge in [0.15, 0.2) is 5.92 Å². The van der Waals surface area contributed by atoms with E-state index >= 15 is 0 Å². The lowest BCUT2D eigenvalue weighted by molar-refractivity contribution is -0.284. The molecule has 1 rings (SSSR count). The third kappa shape index (κ3) is 3.78. The van der Waals surface area contributed by atoms with E-state index in [9.17, 15) is 26.3 Å². The molecule has 0 nitrogen and oxygen atoms in total. The molecule has 0 bridgehead atoms. The Kier molecular flexibility index (Phi) is 4.44. The molecule has 1 atom stereocenters. The zero-order valence-electron chi connectivity index (χ0n) is 10.0. The van der Waals surface area contributed by atoms with E-state index in [1.165, 1.54) is 25.1 Å². The van der Waals surface area contributed by atoms with E-state index in [1.807, 2.05) is 0 Å². The van der Waals surface area contributed by atoms with Crippen molar-refractivity contribution in [3.63, 3.8) is 0 Å². The standard InChI is InChI=1S/C12H11ClF6/c1-6-3-4-8(7(2)5-6)9(13)10(11(14,15)16)12(17,18)19/h3-5,9-10H,1-2H3. The summed E-state index contributed by atoms with van der Waals surface area (Å²) in [5.74, 6) is -3.58. The van der Waals surface area contributed by atoms with Crippen LogP contribution in [0.15, 0.2) is 18.2 Å². The summed E-state index contributed by atoms with van der Waals surface area (Å²) in [5, 5.41) is -2.19. The van der Waals surface area contributed by atoms with Crippen LogP contribution in [0.5, 0.6) is 0 Å². The molecule has 7 heteroatoms. The highest BCUT2D eigenvalue weighted by atomic mass is 35.5. The van der Waals surface area contributed by atoms with E-state index in [-0.39, 0.29) is 5.56 Å². The second-order valence-corrected chi connectivity index (χ2v) is 4.79. The SMILES string of the molecule is Cc1ccc(C(Cl)C(C(F)(F)F)C(F)(F)F)c(C)c1. The fourth-order valence-corrected chi connectivity index (χ4v) is 2.36. The minimum absolute atomic E-state index is 0.160. The zero-order chi connectivity index (χ0) is 15.0. The van der Waals surface area contributed by atoms with Crippen molar-refractivity contribution in [1.29, 1.82) is 0 Å². The highest BCUT2D eigenvalue weighted by molar-refractivity contribution is 6.21. The highest BCUT2D eigenvalue weighted by Crippen LogP contribution is 2.49. The summed E-state index contributed by atoms with van der Waals surface area (Å²) in [6.07, 6.45) is -10.9. The molecule has 0 aliphatic rings. The molecule has 0 aromatic heterocycles. The number of hydrogen-bond acceptors (Lipinski definition) is 0. The molecule has 0 spiro atoms. The van der Waals surface area contributed by atoms with E-state index in [2.05, 4.69) is 0 Å². The van der Waals surface area contributed by atoms with Crippen molar-refractivity contribution >= 4 is 11.6 Å². The Balaban J connectivity index is 3.24. The van der Waals surface area contributed by atoms with Crippen LogP contribution in [0.25, 0.3) is 0 Å². The fourth-order valence-electron chi connectivity index (χ4n) is 1.83. The van der Waals surface area contributed by atoms with Gasteiger partial charge in [-0.25, -0.2) is 0 Å². The minimum Gasteiger partial charge on any atom is -0.170 e. The predicted octanol–water partition coefficient (Wildman–Crippen LogP) is 5.32. The first-order valence-electron chi connectivity index (χ1n) is 5.29. The van der Waals surface area contributed by atoms with E-state index < -0.39 is 23.6 Å². The van der Waals surface area contributed by atoms with Crippen molar-refractivity contribution in [3.8, 4) is 0 Å². The number of benzene rings is 1. The first-order valence-corrected chi connectivity index (χ1v) is 5.73. The molecule has 0 saturated carbocycles. The van der Waals surface area contributed by atoms with Crippen LogP contribution >= 0.6 is 11.6 Å². The maximum absolute atomic E-state index is 12.6. The third-order valence-electron chi connectivity index (χ3n) is 2.72. The van der Waals surface area contributed by atoms with Gasteiger partial charge in [-0.15, -0.1) is 11.6 Å². The maximum atomic E-state index is 12.6. The molecule has 1 aromatic rings. The first kappa shape index (κ1) is 16.1. The molecule has 0 fully saturated rings. The van der Waals surface area contributed by atoms with Gasteiger partial charge < -0.3 is 0 Å². The topological polar surface area (TPSA) is 0 Å². The fraction of sp³-hybridized carbons (Fsp3) is 0.500. The summed E-state index contributed by atoms with van der Waals surface area (Å²) in [7, 11) is 0. The van der Waals surface area contributed by atoms with Crippen molar-refractivity contribution in [2.75, 3.05) is 0 Å². The van der Waals surface area contributed by atoms with Crippen molar-refractivity contribution in [2.45, 2.75) is 31.6 Å². The molecule has 0 aliphatic carbocycles. The van der Waals surface area contributed by atoms with Crippen LogP contribution in [0.2, 0.25) is 0 Å². The average molecular weight is 305 g/mol.